The summed E-state index contributed by atoms with van der Waals surface area (Å²) in [5.41, 5.74) is -0.339. The summed E-state index contributed by atoms with van der Waals surface area (Å²) >= 11 is 0. The molecule has 0 aliphatic heterocycles. The van der Waals surface area contributed by atoms with Gasteiger partial charge in [0.1, 0.15) is 0 Å². The molecule has 0 radical (unpaired) electrons. The SMILES string of the molecule is O=C([O-])c1cccc(C(=O)[O-])c1.O=S(=O)([O-])[O-].[Na+].[Na+].[Na+].[Na+]. The minimum Gasteiger partial charge on any atom is -0.759 e. The van der Waals surface area contributed by atoms with Gasteiger partial charge in [0.25, 0.3) is 0 Å². The number of benzene rings is 1. The van der Waals surface area contributed by atoms with E-state index in [1.807, 2.05) is 0 Å². The first kappa shape index (κ1) is 34.4. The summed E-state index contributed by atoms with van der Waals surface area (Å²) in [4.78, 5) is 20.5. The average molecular weight is 352 g/mol. The Hall–Kier alpha value is 2.03. The van der Waals surface area contributed by atoms with E-state index >= 15 is 0 Å². The first-order chi connectivity index (χ1) is 7.61. The van der Waals surface area contributed by atoms with Crippen molar-refractivity contribution in [3.8, 4) is 0 Å². The first-order valence-electron chi connectivity index (χ1n) is 3.80. The van der Waals surface area contributed by atoms with Crippen LogP contribution in [0.2, 0.25) is 0 Å². The Morgan fingerprint density at radius 2 is 1.05 bits per heavy atom. The number of aromatic carboxylic acids is 2. The maximum atomic E-state index is 10.3. The van der Waals surface area contributed by atoms with Crippen molar-refractivity contribution < 1.29 is 156 Å². The summed E-state index contributed by atoms with van der Waals surface area (Å²) in [6.07, 6.45) is 0. The third-order valence-electron chi connectivity index (χ3n) is 1.33. The fourth-order valence-corrected chi connectivity index (χ4v) is 0.773. The second kappa shape index (κ2) is 16.9. The molecule has 0 saturated carbocycles. The number of rotatable bonds is 2. The molecule has 1 aromatic rings. The van der Waals surface area contributed by atoms with Crippen LogP contribution in [0.4, 0.5) is 0 Å². The largest absolute Gasteiger partial charge is 1.00 e. The Balaban J connectivity index is -0.0000000844. The van der Waals surface area contributed by atoms with Gasteiger partial charge in [-0.25, -0.2) is 0 Å². The molecule has 0 unspecified atom stereocenters. The monoisotopic (exact) mass is 352 g/mol. The van der Waals surface area contributed by atoms with Crippen LogP contribution in [0.1, 0.15) is 20.7 Å². The maximum absolute atomic E-state index is 10.3. The summed E-state index contributed by atoms with van der Waals surface area (Å²) in [7, 11) is -5.17. The molecule has 0 aromatic heterocycles. The average Bonchev–Trinajstić information content (AvgIpc) is 2.15. The fraction of sp³-hybridized carbons (Fsp3) is 0. The van der Waals surface area contributed by atoms with E-state index in [1.54, 1.807) is 0 Å². The number of carbonyl (C=O) groups excluding carboxylic acids is 2. The van der Waals surface area contributed by atoms with Gasteiger partial charge in [0.15, 0.2) is 0 Å². The van der Waals surface area contributed by atoms with Crippen LogP contribution in [-0.2, 0) is 10.4 Å². The molecule has 0 aliphatic carbocycles. The second-order valence-corrected chi connectivity index (χ2v) is 3.38. The van der Waals surface area contributed by atoms with Crippen LogP contribution in [-0.4, -0.2) is 29.5 Å². The van der Waals surface area contributed by atoms with Crippen molar-refractivity contribution in [3.63, 3.8) is 0 Å². The molecule has 0 fully saturated rings. The van der Waals surface area contributed by atoms with Gasteiger partial charge in [0.05, 0.1) is 11.9 Å². The van der Waals surface area contributed by atoms with Crippen molar-refractivity contribution in [2.75, 3.05) is 0 Å². The Morgan fingerprint density at radius 3 is 1.24 bits per heavy atom. The van der Waals surface area contributed by atoms with Gasteiger partial charge in [-0.3, -0.25) is 8.42 Å². The van der Waals surface area contributed by atoms with E-state index in [9.17, 15) is 19.8 Å². The van der Waals surface area contributed by atoms with Crippen molar-refractivity contribution in [2.24, 2.45) is 0 Å². The molecule has 0 saturated heterocycles. The van der Waals surface area contributed by atoms with Gasteiger partial charge >= 0.3 is 118 Å². The number of hydrogen-bond donors (Lipinski definition) is 0. The van der Waals surface area contributed by atoms with E-state index < -0.39 is 22.3 Å². The normalized spacial score (nSPS) is 8.10. The molecule has 1 rings (SSSR count). The molecule has 21 heavy (non-hydrogen) atoms. The van der Waals surface area contributed by atoms with Crippen LogP contribution in [0.15, 0.2) is 24.3 Å². The topological polar surface area (TPSA) is 161 Å². The molecule has 0 amide bonds. The Labute approximate surface area is 209 Å². The summed E-state index contributed by atoms with van der Waals surface area (Å²) in [5.74, 6) is -2.81. The van der Waals surface area contributed by atoms with Gasteiger partial charge in [-0.2, -0.15) is 0 Å². The van der Waals surface area contributed by atoms with Crippen molar-refractivity contribution in [1.82, 2.24) is 0 Å². The Kier molecular flexibility index (Phi) is 27.6. The van der Waals surface area contributed by atoms with Gasteiger partial charge in [0, 0.05) is 10.4 Å². The minimum absolute atomic E-state index is 0. The molecular weight excluding hydrogens is 348 g/mol. The maximum Gasteiger partial charge on any atom is 1.00 e. The molecule has 0 heterocycles. The quantitative estimate of drug-likeness (QED) is 0.288. The molecule has 1 aromatic carbocycles. The van der Waals surface area contributed by atoms with E-state index in [0.717, 1.165) is 6.07 Å². The molecule has 0 aliphatic rings. The summed E-state index contributed by atoms with van der Waals surface area (Å²) in [5, 5.41) is 20.5. The van der Waals surface area contributed by atoms with Crippen molar-refractivity contribution in [2.45, 2.75) is 0 Å². The van der Waals surface area contributed by atoms with E-state index in [0.29, 0.717) is 0 Å². The zero-order chi connectivity index (χ0) is 13.6. The number of carbonyl (C=O) groups is 2. The fourth-order valence-electron chi connectivity index (χ4n) is 0.773. The zero-order valence-electron chi connectivity index (χ0n) is 12.0. The van der Waals surface area contributed by atoms with E-state index in [2.05, 4.69) is 0 Å². The molecular formula is C8H4Na4O8S. The predicted molar refractivity (Wildman–Crippen MR) is 45.6 cm³/mol. The van der Waals surface area contributed by atoms with Gasteiger partial charge < -0.3 is 28.9 Å². The first-order valence-corrected chi connectivity index (χ1v) is 5.14. The number of carboxylic acid groups (broad SMARTS) is 2. The van der Waals surface area contributed by atoms with Gasteiger partial charge in [-0.05, 0) is 17.2 Å². The Morgan fingerprint density at radius 1 is 0.810 bits per heavy atom. The predicted octanol–water partition coefficient (Wildman–Crippen LogP) is -14.9. The zero-order valence-corrected chi connectivity index (χ0v) is 20.8. The molecule has 8 nitrogen and oxygen atoms in total. The summed E-state index contributed by atoms with van der Waals surface area (Å²) < 4.78 is 34.1. The van der Waals surface area contributed by atoms with Crippen LogP contribution in [0.5, 0.6) is 0 Å². The minimum atomic E-state index is -5.17. The molecule has 0 N–H and O–H groups in total. The van der Waals surface area contributed by atoms with Crippen LogP contribution in [0.3, 0.4) is 0 Å². The van der Waals surface area contributed by atoms with E-state index in [-0.39, 0.29) is 129 Å². The second-order valence-electron chi connectivity index (χ2n) is 2.56. The van der Waals surface area contributed by atoms with Gasteiger partial charge in [-0.1, -0.05) is 18.2 Å². The summed E-state index contributed by atoms with van der Waals surface area (Å²) in [6.45, 7) is 0. The van der Waals surface area contributed by atoms with Gasteiger partial charge in [0.2, 0.25) is 0 Å². The van der Waals surface area contributed by atoms with Crippen molar-refractivity contribution in [1.29, 1.82) is 0 Å². The molecule has 0 bridgehead atoms. The standard InChI is InChI=1S/C8H6O4.4Na.H2O4S/c9-7(10)5-2-1-3-6(4-5)8(11)12;;;;;1-5(2,3)4/h1-4H,(H,9,10)(H,11,12);;;;;(H2,1,2,3,4)/q;4*+1;/p-4. The number of carboxylic acids is 2. The molecule has 0 atom stereocenters. The molecule has 0 spiro atoms. The molecule has 94 valence electrons. The van der Waals surface area contributed by atoms with Crippen LogP contribution >= 0.6 is 0 Å². The van der Waals surface area contributed by atoms with Crippen LogP contribution < -0.4 is 128 Å². The van der Waals surface area contributed by atoms with Crippen molar-refractivity contribution in [3.05, 3.63) is 35.4 Å². The van der Waals surface area contributed by atoms with Crippen LogP contribution in [0, 0.1) is 0 Å². The third-order valence-corrected chi connectivity index (χ3v) is 1.33. The van der Waals surface area contributed by atoms with E-state index in [4.69, 9.17) is 17.5 Å². The third kappa shape index (κ3) is 22.0. The number of hydrogen-bond acceptors (Lipinski definition) is 8. The molecule has 13 heteroatoms. The smallest absolute Gasteiger partial charge is 0.759 e. The van der Waals surface area contributed by atoms with Crippen LogP contribution in [0.25, 0.3) is 0 Å². The van der Waals surface area contributed by atoms with Gasteiger partial charge in [-0.15, -0.1) is 0 Å². The van der Waals surface area contributed by atoms with Crippen molar-refractivity contribution >= 4 is 22.3 Å². The summed E-state index contributed by atoms with van der Waals surface area (Å²) in [6, 6.07) is 4.81. The van der Waals surface area contributed by atoms with E-state index in [1.165, 1.54) is 18.2 Å². The Bertz CT molecular complexity index is 496.